The average molecular weight is 202 g/mol. The zero-order valence-corrected chi connectivity index (χ0v) is 7.56. The number of benzene rings is 1. The molecule has 2 nitrogen and oxygen atoms in total. The van der Waals surface area contributed by atoms with E-state index in [0.29, 0.717) is 10.7 Å². The van der Waals surface area contributed by atoms with Gasteiger partial charge >= 0.3 is 0 Å². The minimum Gasteiger partial charge on any atom is -0.211 e. The summed E-state index contributed by atoms with van der Waals surface area (Å²) >= 11 is 11.3. The Kier molecular flexibility index (Phi) is 3.30. The first-order chi connectivity index (χ1) is 5.79. The van der Waals surface area contributed by atoms with Crippen molar-refractivity contribution in [3.63, 3.8) is 0 Å². The monoisotopic (exact) mass is 201 g/mol. The first-order valence-corrected chi connectivity index (χ1v) is 4.12. The van der Waals surface area contributed by atoms with Crippen LogP contribution in [0.2, 0.25) is 5.02 Å². The second-order valence-corrected chi connectivity index (χ2v) is 2.76. The Hall–Kier alpha value is -0.820. The average Bonchev–Trinajstić information content (AvgIpc) is 2.09. The number of halogens is 2. The summed E-state index contributed by atoms with van der Waals surface area (Å²) in [5.74, 6) is 0.279. The van der Waals surface area contributed by atoms with Gasteiger partial charge < -0.3 is 0 Å². The topological polar surface area (TPSA) is 29.4 Å². The molecule has 0 aromatic heterocycles. The second-order valence-electron chi connectivity index (χ2n) is 2.08. The van der Waals surface area contributed by atoms with E-state index in [9.17, 15) is 4.79 Å². The maximum absolute atomic E-state index is 10.0. The van der Waals surface area contributed by atoms with E-state index in [-0.39, 0.29) is 5.88 Å². The van der Waals surface area contributed by atoms with Crippen molar-refractivity contribution in [3.8, 4) is 0 Å². The van der Waals surface area contributed by atoms with Crippen LogP contribution in [-0.4, -0.2) is 6.08 Å². The lowest BCUT2D eigenvalue weighted by atomic mass is 10.2. The van der Waals surface area contributed by atoms with Crippen LogP contribution in [0.4, 0.5) is 5.69 Å². The number of rotatable bonds is 2. The molecule has 0 radical (unpaired) electrons. The highest BCUT2D eigenvalue weighted by atomic mass is 35.5. The number of para-hydroxylation sites is 1. The van der Waals surface area contributed by atoms with Gasteiger partial charge in [0.1, 0.15) is 0 Å². The fraction of sp³-hybridized carbons (Fsp3) is 0.125. The molecular formula is C8H5Cl2NO. The molecule has 0 fully saturated rings. The Morgan fingerprint density at radius 2 is 2.25 bits per heavy atom. The number of hydrogen-bond acceptors (Lipinski definition) is 2. The van der Waals surface area contributed by atoms with Crippen molar-refractivity contribution in [3.05, 3.63) is 28.8 Å². The molecule has 1 aromatic carbocycles. The highest BCUT2D eigenvalue weighted by molar-refractivity contribution is 6.33. The fourth-order valence-corrected chi connectivity index (χ4v) is 1.29. The Balaban J connectivity index is 3.28. The van der Waals surface area contributed by atoms with Crippen LogP contribution in [0.1, 0.15) is 5.56 Å². The van der Waals surface area contributed by atoms with E-state index < -0.39 is 0 Å². The summed E-state index contributed by atoms with van der Waals surface area (Å²) in [5, 5.41) is 0.413. The molecule has 0 spiro atoms. The predicted octanol–water partition coefficient (Wildman–Crippen LogP) is 3.05. The minimum atomic E-state index is 0.279. The maximum atomic E-state index is 10.0. The van der Waals surface area contributed by atoms with E-state index in [0.717, 1.165) is 5.56 Å². The molecule has 0 bridgehead atoms. The molecule has 4 heteroatoms. The first-order valence-electron chi connectivity index (χ1n) is 3.21. The summed E-state index contributed by atoms with van der Waals surface area (Å²) in [6.07, 6.45) is 1.43. The van der Waals surface area contributed by atoms with Gasteiger partial charge in [0, 0.05) is 5.88 Å². The molecule has 62 valence electrons. The van der Waals surface area contributed by atoms with Gasteiger partial charge in [-0.15, -0.1) is 11.6 Å². The van der Waals surface area contributed by atoms with E-state index in [2.05, 4.69) is 4.99 Å². The quantitative estimate of drug-likeness (QED) is 0.411. The van der Waals surface area contributed by atoms with Gasteiger partial charge in [0.15, 0.2) is 0 Å². The van der Waals surface area contributed by atoms with Gasteiger partial charge in [-0.1, -0.05) is 23.7 Å². The van der Waals surface area contributed by atoms with Gasteiger partial charge in [0.05, 0.1) is 10.7 Å². The van der Waals surface area contributed by atoms with Crippen molar-refractivity contribution in [2.75, 3.05) is 0 Å². The third kappa shape index (κ3) is 1.86. The summed E-state index contributed by atoms with van der Waals surface area (Å²) in [6.45, 7) is 0. The zero-order chi connectivity index (χ0) is 8.97. The van der Waals surface area contributed by atoms with Gasteiger partial charge in [-0.2, -0.15) is 4.99 Å². The largest absolute Gasteiger partial charge is 0.240 e. The third-order valence-electron chi connectivity index (χ3n) is 1.37. The van der Waals surface area contributed by atoms with E-state index in [4.69, 9.17) is 23.2 Å². The number of hydrogen-bond donors (Lipinski definition) is 0. The number of aliphatic imine (C=N–C) groups is 1. The molecule has 1 aromatic rings. The van der Waals surface area contributed by atoms with Crippen LogP contribution in [0, 0.1) is 0 Å². The molecule has 0 unspecified atom stereocenters. The molecule has 0 amide bonds. The molecule has 0 atom stereocenters. The lowest BCUT2D eigenvalue weighted by Gasteiger charge is -2.00. The lowest BCUT2D eigenvalue weighted by Crippen LogP contribution is -1.79. The third-order valence-corrected chi connectivity index (χ3v) is 1.96. The Labute approximate surface area is 79.8 Å². The normalized spacial score (nSPS) is 9.17. The van der Waals surface area contributed by atoms with E-state index in [1.54, 1.807) is 18.2 Å². The molecule has 0 saturated carbocycles. The summed E-state index contributed by atoms with van der Waals surface area (Å²) in [5.41, 5.74) is 1.14. The van der Waals surface area contributed by atoms with Crippen LogP contribution in [0.5, 0.6) is 0 Å². The highest BCUT2D eigenvalue weighted by Gasteiger charge is 2.03. The molecule has 1 rings (SSSR count). The standard InChI is InChI=1S/C8H5Cl2NO/c9-4-6-2-1-3-7(10)8(6)11-5-12/h1-3H,4H2. The van der Waals surface area contributed by atoms with Gasteiger partial charge in [-0.25, -0.2) is 4.79 Å². The summed E-state index contributed by atoms with van der Waals surface area (Å²) < 4.78 is 0. The number of isocyanates is 1. The van der Waals surface area contributed by atoms with Crippen LogP contribution in [0.3, 0.4) is 0 Å². The lowest BCUT2D eigenvalue weighted by molar-refractivity contribution is 0.565. The fourth-order valence-electron chi connectivity index (χ4n) is 0.839. The highest BCUT2D eigenvalue weighted by Crippen LogP contribution is 2.29. The van der Waals surface area contributed by atoms with Crippen LogP contribution >= 0.6 is 23.2 Å². The summed E-state index contributed by atoms with van der Waals surface area (Å²) in [6, 6.07) is 5.16. The van der Waals surface area contributed by atoms with Crippen molar-refractivity contribution < 1.29 is 4.79 Å². The number of carbonyl (C=O) groups excluding carboxylic acids is 1. The summed E-state index contributed by atoms with van der Waals surface area (Å²) in [7, 11) is 0. The van der Waals surface area contributed by atoms with E-state index >= 15 is 0 Å². The van der Waals surface area contributed by atoms with Gasteiger partial charge in [-0.05, 0) is 11.6 Å². The van der Waals surface area contributed by atoms with Crippen LogP contribution in [0.25, 0.3) is 0 Å². The van der Waals surface area contributed by atoms with E-state index in [1.165, 1.54) is 6.08 Å². The number of alkyl halides is 1. The molecular weight excluding hydrogens is 197 g/mol. The van der Waals surface area contributed by atoms with Crippen molar-refractivity contribution in [1.82, 2.24) is 0 Å². The molecule has 0 aliphatic rings. The van der Waals surface area contributed by atoms with Gasteiger partial charge in [0.25, 0.3) is 0 Å². The van der Waals surface area contributed by atoms with Gasteiger partial charge in [0.2, 0.25) is 6.08 Å². The van der Waals surface area contributed by atoms with Gasteiger partial charge in [-0.3, -0.25) is 0 Å². The molecule has 0 heterocycles. The zero-order valence-electron chi connectivity index (χ0n) is 6.05. The SMILES string of the molecule is O=C=Nc1c(Cl)cccc1CCl. The molecule has 12 heavy (non-hydrogen) atoms. The Bertz CT molecular complexity index is 332. The smallest absolute Gasteiger partial charge is 0.211 e. The van der Waals surface area contributed by atoms with Crippen molar-refractivity contribution in [1.29, 1.82) is 0 Å². The first kappa shape index (κ1) is 9.27. The van der Waals surface area contributed by atoms with Crippen LogP contribution in [-0.2, 0) is 10.7 Å². The molecule has 0 N–H and O–H groups in total. The van der Waals surface area contributed by atoms with Crippen molar-refractivity contribution >= 4 is 35.0 Å². The number of nitrogens with zero attached hydrogens (tertiary/aromatic N) is 1. The molecule has 0 aliphatic carbocycles. The minimum absolute atomic E-state index is 0.279. The predicted molar refractivity (Wildman–Crippen MR) is 48.8 cm³/mol. The van der Waals surface area contributed by atoms with Crippen LogP contribution < -0.4 is 0 Å². The Morgan fingerprint density at radius 1 is 1.50 bits per heavy atom. The maximum Gasteiger partial charge on any atom is 0.240 e. The van der Waals surface area contributed by atoms with E-state index in [1.807, 2.05) is 0 Å². The Morgan fingerprint density at radius 3 is 2.83 bits per heavy atom. The summed E-state index contributed by atoms with van der Waals surface area (Å²) in [4.78, 5) is 13.5. The van der Waals surface area contributed by atoms with Crippen LogP contribution in [0.15, 0.2) is 23.2 Å². The second kappa shape index (κ2) is 4.27. The van der Waals surface area contributed by atoms with Crippen molar-refractivity contribution in [2.45, 2.75) is 5.88 Å². The molecule has 0 aliphatic heterocycles. The molecule has 0 saturated heterocycles. The van der Waals surface area contributed by atoms with Crippen molar-refractivity contribution in [2.24, 2.45) is 4.99 Å².